The third-order valence-corrected chi connectivity index (χ3v) is 2.45. The zero-order chi connectivity index (χ0) is 13.6. The highest BCUT2D eigenvalue weighted by Gasteiger charge is 2.22. The Morgan fingerprint density at radius 3 is 2.44 bits per heavy atom. The average Bonchev–Trinajstić information content (AvgIpc) is 2.38. The van der Waals surface area contributed by atoms with Crippen molar-refractivity contribution in [3.8, 4) is 12.1 Å². The van der Waals surface area contributed by atoms with Crippen molar-refractivity contribution in [1.29, 1.82) is 5.26 Å². The highest BCUT2D eigenvalue weighted by Crippen LogP contribution is 2.17. The minimum Gasteiger partial charge on any atom is -0.464 e. The molecule has 1 atom stereocenters. The predicted molar refractivity (Wildman–Crippen MR) is 68.5 cm³/mol. The van der Waals surface area contributed by atoms with E-state index in [-0.39, 0.29) is 6.01 Å². The van der Waals surface area contributed by atoms with Gasteiger partial charge in [-0.15, -0.1) is 0 Å². The lowest BCUT2D eigenvalue weighted by atomic mass is 10.0. The summed E-state index contributed by atoms with van der Waals surface area (Å²) in [6.07, 6.45) is 0.633. The molecule has 0 amide bonds. The fourth-order valence-electron chi connectivity index (χ4n) is 1.16. The summed E-state index contributed by atoms with van der Waals surface area (Å²) in [7, 11) is 1.71. The molecule has 98 valence electrons. The molecule has 18 heavy (non-hydrogen) atoms. The van der Waals surface area contributed by atoms with Gasteiger partial charge >= 0.3 is 6.01 Å². The minimum absolute atomic E-state index is 0.232. The molecule has 1 rings (SSSR count). The van der Waals surface area contributed by atoms with E-state index in [0.29, 0.717) is 24.9 Å². The monoisotopic (exact) mass is 250 g/mol. The highest BCUT2D eigenvalue weighted by molar-refractivity contribution is 5.39. The first-order chi connectivity index (χ1) is 8.56. The third-order valence-electron chi connectivity index (χ3n) is 2.45. The molecule has 0 aromatic carbocycles. The maximum atomic E-state index is 9.12. The average molecular weight is 250 g/mol. The Labute approximate surface area is 107 Å². The summed E-state index contributed by atoms with van der Waals surface area (Å²) >= 11 is 0. The Kier molecular flexibility index (Phi) is 4.66. The molecule has 0 aliphatic carbocycles. The van der Waals surface area contributed by atoms with Crippen molar-refractivity contribution >= 4 is 11.9 Å². The molecule has 7 nitrogen and oxygen atoms in total. The molecule has 0 aliphatic heterocycles. The van der Waals surface area contributed by atoms with Crippen LogP contribution in [0.4, 0.5) is 11.9 Å². The van der Waals surface area contributed by atoms with Crippen molar-refractivity contribution in [2.45, 2.75) is 32.7 Å². The molecule has 0 saturated carbocycles. The van der Waals surface area contributed by atoms with Crippen molar-refractivity contribution in [1.82, 2.24) is 15.0 Å². The van der Waals surface area contributed by atoms with Crippen LogP contribution in [0.25, 0.3) is 0 Å². The van der Waals surface area contributed by atoms with Crippen LogP contribution in [0.15, 0.2) is 0 Å². The lowest BCUT2D eigenvalue weighted by molar-refractivity contribution is 0.312. The van der Waals surface area contributed by atoms with E-state index >= 15 is 0 Å². The molecule has 1 aromatic rings. The van der Waals surface area contributed by atoms with Crippen LogP contribution in [-0.2, 0) is 0 Å². The smallest absolute Gasteiger partial charge is 0.323 e. The summed E-state index contributed by atoms with van der Waals surface area (Å²) in [4.78, 5) is 12.3. The summed E-state index contributed by atoms with van der Waals surface area (Å²) in [6.45, 7) is 6.02. The van der Waals surface area contributed by atoms with E-state index in [1.54, 1.807) is 14.0 Å². The van der Waals surface area contributed by atoms with Crippen LogP contribution in [0, 0.1) is 11.3 Å². The predicted octanol–water partition coefficient (Wildman–Crippen LogP) is 1.42. The zero-order valence-electron chi connectivity index (χ0n) is 11.1. The van der Waals surface area contributed by atoms with Crippen LogP contribution in [0.5, 0.6) is 6.01 Å². The van der Waals surface area contributed by atoms with Gasteiger partial charge in [0.1, 0.15) is 5.54 Å². The van der Waals surface area contributed by atoms with E-state index < -0.39 is 5.54 Å². The Hall–Kier alpha value is -2.10. The SMILES string of the molecule is CCOc1nc(NC)nc(NC(C)(C#N)CC)n1. The number of rotatable bonds is 6. The van der Waals surface area contributed by atoms with Gasteiger partial charge in [0.25, 0.3) is 0 Å². The summed E-state index contributed by atoms with van der Waals surface area (Å²) in [6, 6.07) is 2.42. The second-order valence-electron chi connectivity index (χ2n) is 3.87. The van der Waals surface area contributed by atoms with Crippen molar-refractivity contribution in [2.24, 2.45) is 0 Å². The van der Waals surface area contributed by atoms with Crippen LogP contribution in [0.1, 0.15) is 27.2 Å². The quantitative estimate of drug-likeness (QED) is 0.788. The summed E-state index contributed by atoms with van der Waals surface area (Å²) in [5, 5.41) is 14.9. The summed E-state index contributed by atoms with van der Waals surface area (Å²) < 4.78 is 5.25. The lowest BCUT2D eigenvalue weighted by Crippen LogP contribution is -2.33. The summed E-state index contributed by atoms with van der Waals surface area (Å²) in [5.74, 6) is 0.719. The fourth-order valence-corrected chi connectivity index (χ4v) is 1.16. The maximum absolute atomic E-state index is 9.12. The van der Waals surface area contributed by atoms with E-state index in [2.05, 4.69) is 31.7 Å². The molecule has 0 aliphatic rings. The van der Waals surface area contributed by atoms with Gasteiger partial charge in [0.2, 0.25) is 11.9 Å². The number of anilines is 2. The molecule has 0 saturated heterocycles. The molecule has 0 spiro atoms. The van der Waals surface area contributed by atoms with Crippen molar-refractivity contribution in [3.05, 3.63) is 0 Å². The van der Waals surface area contributed by atoms with Gasteiger partial charge in [-0.3, -0.25) is 0 Å². The molecule has 1 aromatic heterocycles. The van der Waals surface area contributed by atoms with Crippen molar-refractivity contribution < 1.29 is 4.74 Å². The molecular weight excluding hydrogens is 232 g/mol. The Morgan fingerprint density at radius 2 is 1.94 bits per heavy atom. The lowest BCUT2D eigenvalue weighted by Gasteiger charge is -2.21. The number of nitrogens with zero attached hydrogens (tertiary/aromatic N) is 4. The van der Waals surface area contributed by atoms with Gasteiger partial charge < -0.3 is 15.4 Å². The number of hydrogen-bond donors (Lipinski definition) is 2. The van der Waals surface area contributed by atoms with E-state index in [4.69, 9.17) is 10.00 Å². The van der Waals surface area contributed by atoms with Gasteiger partial charge in [-0.25, -0.2) is 0 Å². The topological polar surface area (TPSA) is 95.8 Å². The zero-order valence-corrected chi connectivity index (χ0v) is 11.1. The van der Waals surface area contributed by atoms with Gasteiger partial charge in [0, 0.05) is 7.05 Å². The van der Waals surface area contributed by atoms with Gasteiger partial charge in [-0.05, 0) is 20.3 Å². The molecule has 0 fully saturated rings. The van der Waals surface area contributed by atoms with E-state index in [1.165, 1.54) is 0 Å². The van der Waals surface area contributed by atoms with Crippen molar-refractivity contribution in [2.75, 3.05) is 24.3 Å². The van der Waals surface area contributed by atoms with E-state index in [9.17, 15) is 0 Å². The fraction of sp³-hybridized carbons (Fsp3) is 0.636. The molecular formula is C11H18N6O. The minimum atomic E-state index is -0.712. The van der Waals surface area contributed by atoms with Crippen LogP contribution in [0.2, 0.25) is 0 Å². The first-order valence-corrected chi connectivity index (χ1v) is 5.83. The van der Waals surface area contributed by atoms with E-state index in [1.807, 2.05) is 13.8 Å². The molecule has 7 heteroatoms. The molecule has 1 unspecified atom stereocenters. The first-order valence-electron chi connectivity index (χ1n) is 5.83. The van der Waals surface area contributed by atoms with E-state index in [0.717, 1.165) is 0 Å². The molecule has 1 heterocycles. The number of ether oxygens (including phenoxy) is 1. The van der Waals surface area contributed by atoms with Crippen LogP contribution in [-0.4, -0.2) is 34.1 Å². The second-order valence-corrected chi connectivity index (χ2v) is 3.87. The second kappa shape index (κ2) is 6.00. The van der Waals surface area contributed by atoms with Gasteiger partial charge in [-0.1, -0.05) is 6.92 Å². The molecule has 0 radical (unpaired) electrons. The van der Waals surface area contributed by atoms with Gasteiger partial charge in [0.15, 0.2) is 0 Å². The van der Waals surface area contributed by atoms with Gasteiger partial charge in [0.05, 0.1) is 12.7 Å². The number of nitrogens with one attached hydrogen (secondary N) is 2. The van der Waals surface area contributed by atoms with Crippen LogP contribution >= 0.6 is 0 Å². The third kappa shape index (κ3) is 3.45. The maximum Gasteiger partial charge on any atom is 0.323 e. The molecule has 2 N–H and O–H groups in total. The normalized spacial score (nSPS) is 13.3. The number of hydrogen-bond acceptors (Lipinski definition) is 7. The molecule has 0 bridgehead atoms. The first kappa shape index (κ1) is 14.0. The van der Waals surface area contributed by atoms with Crippen LogP contribution in [0.3, 0.4) is 0 Å². The standard InChI is InChI=1S/C11H18N6O/c1-5-11(3,7-12)17-9-14-8(13-4)15-10(16-9)18-6-2/h5-6H2,1-4H3,(H2,13,14,15,16,17). The van der Waals surface area contributed by atoms with Crippen molar-refractivity contribution in [3.63, 3.8) is 0 Å². The Bertz CT molecular complexity index is 444. The number of nitriles is 1. The Balaban J connectivity index is 3.01. The van der Waals surface area contributed by atoms with Gasteiger partial charge in [-0.2, -0.15) is 20.2 Å². The Morgan fingerprint density at radius 1 is 1.28 bits per heavy atom. The highest BCUT2D eigenvalue weighted by atomic mass is 16.5. The summed E-state index contributed by atoms with van der Waals surface area (Å²) in [5.41, 5.74) is -0.712. The van der Waals surface area contributed by atoms with Crippen LogP contribution < -0.4 is 15.4 Å². The largest absolute Gasteiger partial charge is 0.464 e. The number of aromatic nitrogens is 3.